The summed E-state index contributed by atoms with van der Waals surface area (Å²) in [5.41, 5.74) is 0. The highest BCUT2D eigenvalue weighted by Crippen LogP contribution is 2.23. The third-order valence-corrected chi connectivity index (χ3v) is 3.51. The van der Waals surface area contributed by atoms with Gasteiger partial charge in [-0.05, 0) is 12.2 Å². The molecular formula is C10H17N3O2S. The normalized spacial score (nSPS) is 25.1. The van der Waals surface area contributed by atoms with Gasteiger partial charge >= 0.3 is 0 Å². The van der Waals surface area contributed by atoms with E-state index < -0.39 is 0 Å². The van der Waals surface area contributed by atoms with Crippen molar-refractivity contribution < 1.29 is 9.26 Å². The third kappa shape index (κ3) is 2.75. The molecule has 16 heavy (non-hydrogen) atoms. The van der Waals surface area contributed by atoms with Crippen LogP contribution in [0.1, 0.15) is 31.1 Å². The molecule has 0 spiro atoms. The van der Waals surface area contributed by atoms with Crippen LogP contribution < -0.4 is 5.32 Å². The van der Waals surface area contributed by atoms with E-state index in [-0.39, 0.29) is 12.1 Å². The minimum Gasteiger partial charge on any atom is -0.380 e. The average Bonchev–Trinajstić information content (AvgIpc) is 2.94. The first-order valence-corrected chi connectivity index (χ1v) is 6.65. The van der Waals surface area contributed by atoms with Crippen molar-refractivity contribution in [2.24, 2.45) is 0 Å². The van der Waals surface area contributed by atoms with Crippen LogP contribution in [-0.2, 0) is 10.5 Å². The number of hydrogen-bond donors (Lipinski definition) is 1. The van der Waals surface area contributed by atoms with Gasteiger partial charge in [-0.15, -0.1) is 0 Å². The lowest BCUT2D eigenvalue weighted by Crippen LogP contribution is -2.16. The maximum atomic E-state index is 5.28. The van der Waals surface area contributed by atoms with E-state index >= 15 is 0 Å². The number of hydrogen-bond acceptors (Lipinski definition) is 6. The van der Waals surface area contributed by atoms with E-state index in [4.69, 9.17) is 9.26 Å². The number of rotatable bonds is 5. The Morgan fingerprint density at radius 1 is 1.62 bits per heavy atom. The lowest BCUT2D eigenvalue weighted by atomic mass is 10.2. The Morgan fingerprint density at radius 2 is 2.50 bits per heavy atom. The van der Waals surface area contributed by atoms with Gasteiger partial charge < -0.3 is 14.6 Å². The lowest BCUT2D eigenvalue weighted by Gasteiger charge is -2.04. The number of nitrogens with zero attached hydrogens (tertiary/aromatic N) is 2. The molecule has 5 nitrogen and oxygen atoms in total. The Labute approximate surface area is 99.3 Å². The molecule has 0 amide bonds. The van der Waals surface area contributed by atoms with E-state index in [1.54, 1.807) is 18.9 Å². The summed E-state index contributed by atoms with van der Waals surface area (Å²) < 4.78 is 10.5. The van der Waals surface area contributed by atoms with Crippen molar-refractivity contribution >= 4 is 11.8 Å². The molecule has 1 aliphatic rings. The van der Waals surface area contributed by atoms with Crippen LogP contribution in [0, 0.1) is 0 Å². The average molecular weight is 243 g/mol. The molecule has 0 aliphatic carbocycles. The summed E-state index contributed by atoms with van der Waals surface area (Å²) in [6, 6.07) is 0.151. The molecule has 1 fully saturated rings. The smallest absolute Gasteiger partial charge is 0.243 e. The van der Waals surface area contributed by atoms with Gasteiger partial charge in [0.05, 0.1) is 17.9 Å². The number of ether oxygens (including phenoxy) is 1. The van der Waals surface area contributed by atoms with Crippen molar-refractivity contribution in [2.75, 3.05) is 19.4 Å². The number of nitrogens with one attached hydrogen (secondary N) is 1. The molecule has 1 saturated heterocycles. The second kappa shape index (κ2) is 5.65. The van der Waals surface area contributed by atoms with Gasteiger partial charge in [-0.3, -0.25) is 0 Å². The van der Waals surface area contributed by atoms with Gasteiger partial charge in [0.25, 0.3) is 0 Å². The van der Waals surface area contributed by atoms with Gasteiger partial charge in [0.15, 0.2) is 5.82 Å². The molecule has 1 N–H and O–H groups in total. The Kier molecular flexibility index (Phi) is 4.20. The highest BCUT2D eigenvalue weighted by molar-refractivity contribution is 7.98. The molecule has 0 radical (unpaired) electrons. The lowest BCUT2D eigenvalue weighted by molar-refractivity contribution is 0.116. The van der Waals surface area contributed by atoms with Crippen molar-refractivity contribution in [3.05, 3.63) is 11.7 Å². The zero-order valence-electron chi connectivity index (χ0n) is 9.60. The molecule has 1 aliphatic heterocycles. The minimum absolute atomic E-state index is 0.151. The van der Waals surface area contributed by atoms with Crippen LogP contribution in [0.2, 0.25) is 0 Å². The Morgan fingerprint density at radius 3 is 3.19 bits per heavy atom. The van der Waals surface area contributed by atoms with Crippen molar-refractivity contribution in [1.82, 2.24) is 15.5 Å². The van der Waals surface area contributed by atoms with Crippen LogP contribution in [0.4, 0.5) is 0 Å². The number of aromatic nitrogens is 2. The summed E-state index contributed by atoms with van der Waals surface area (Å²) in [5.74, 6) is 3.35. The van der Waals surface area contributed by atoms with E-state index in [0.717, 1.165) is 30.3 Å². The fourth-order valence-corrected chi connectivity index (χ4v) is 2.24. The van der Waals surface area contributed by atoms with Crippen LogP contribution in [0.15, 0.2) is 4.52 Å². The molecule has 6 heteroatoms. The Balaban J connectivity index is 1.92. The minimum atomic E-state index is 0.151. The third-order valence-electron chi connectivity index (χ3n) is 2.64. The van der Waals surface area contributed by atoms with Gasteiger partial charge in [-0.2, -0.15) is 16.7 Å². The quantitative estimate of drug-likeness (QED) is 0.843. The largest absolute Gasteiger partial charge is 0.380 e. The van der Waals surface area contributed by atoms with Crippen LogP contribution in [-0.4, -0.2) is 35.7 Å². The van der Waals surface area contributed by atoms with Gasteiger partial charge in [0, 0.05) is 13.7 Å². The monoisotopic (exact) mass is 243 g/mol. The molecule has 0 saturated carbocycles. The zero-order valence-corrected chi connectivity index (χ0v) is 10.4. The van der Waals surface area contributed by atoms with Crippen LogP contribution in [0.3, 0.4) is 0 Å². The molecule has 1 aromatic heterocycles. The molecule has 2 heterocycles. The molecule has 0 unspecified atom stereocenters. The first kappa shape index (κ1) is 11.9. The van der Waals surface area contributed by atoms with E-state index in [2.05, 4.69) is 22.4 Å². The second-order valence-electron chi connectivity index (χ2n) is 3.74. The van der Waals surface area contributed by atoms with Gasteiger partial charge in [0.1, 0.15) is 0 Å². The zero-order chi connectivity index (χ0) is 11.4. The molecule has 2 rings (SSSR count). The second-order valence-corrected chi connectivity index (χ2v) is 5.01. The van der Waals surface area contributed by atoms with Crippen molar-refractivity contribution in [2.45, 2.75) is 31.2 Å². The molecule has 90 valence electrons. The van der Waals surface area contributed by atoms with Gasteiger partial charge in [-0.25, -0.2) is 0 Å². The topological polar surface area (TPSA) is 60.2 Å². The summed E-state index contributed by atoms with van der Waals surface area (Å²) in [7, 11) is 1.73. The van der Waals surface area contributed by atoms with E-state index in [1.165, 1.54) is 0 Å². The molecule has 0 aromatic carbocycles. The molecule has 1 aromatic rings. The summed E-state index contributed by atoms with van der Waals surface area (Å²) in [6.45, 7) is 2.97. The highest BCUT2D eigenvalue weighted by atomic mass is 32.2. The van der Waals surface area contributed by atoms with Crippen LogP contribution in [0.5, 0.6) is 0 Å². The van der Waals surface area contributed by atoms with Crippen molar-refractivity contribution in [3.8, 4) is 0 Å². The predicted octanol–water partition coefficient (Wildman–Crippen LogP) is 1.37. The predicted molar refractivity (Wildman–Crippen MR) is 62.3 cm³/mol. The van der Waals surface area contributed by atoms with E-state index in [0.29, 0.717) is 5.89 Å². The maximum absolute atomic E-state index is 5.28. The Hall–Kier alpha value is -0.590. The summed E-state index contributed by atoms with van der Waals surface area (Å²) >= 11 is 1.79. The van der Waals surface area contributed by atoms with Gasteiger partial charge in [0.2, 0.25) is 5.89 Å². The van der Waals surface area contributed by atoms with E-state index in [9.17, 15) is 0 Å². The summed E-state index contributed by atoms with van der Waals surface area (Å²) in [5, 5.41) is 7.28. The molecule has 2 atom stereocenters. The molecule has 0 bridgehead atoms. The standard InChI is InChI=1S/C10H17N3O2S/c1-3-16-6-9-12-10(15-13-9)8-4-7(14-2)5-11-8/h7-8,11H,3-6H2,1-2H3/t7-,8+/m0/s1. The van der Waals surface area contributed by atoms with Crippen LogP contribution in [0.25, 0.3) is 0 Å². The Bertz CT molecular complexity index is 332. The fourth-order valence-electron chi connectivity index (χ4n) is 1.73. The van der Waals surface area contributed by atoms with Crippen molar-refractivity contribution in [1.29, 1.82) is 0 Å². The highest BCUT2D eigenvalue weighted by Gasteiger charge is 2.29. The van der Waals surface area contributed by atoms with Crippen LogP contribution >= 0.6 is 11.8 Å². The van der Waals surface area contributed by atoms with E-state index in [1.807, 2.05) is 0 Å². The maximum Gasteiger partial charge on any atom is 0.243 e. The SMILES string of the molecule is CCSCc1noc([C@H]2C[C@H](OC)CN2)n1. The first-order valence-electron chi connectivity index (χ1n) is 5.50. The first-order chi connectivity index (χ1) is 7.83. The van der Waals surface area contributed by atoms with Gasteiger partial charge in [-0.1, -0.05) is 12.1 Å². The number of thioether (sulfide) groups is 1. The molecular weight excluding hydrogens is 226 g/mol. The summed E-state index contributed by atoms with van der Waals surface area (Å²) in [6.07, 6.45) is 1.16. The van der Waals surface area contributed by atoms with Crippen molar-refractivity contribution in [3.63, 3.8) is 0 Å². The number of methoxy groups -OCH3 is 1. The summed E-state index contributed by atoms with van der Waals surface area (Å²) in [4.78, 5) is 4.38. The fraction of sp³-hybridized carbons (Fsp3) is 0.800.